The van der Waals surface area contributed by atoms with Crippen molar-refractivity contribution in [1.82, 2.24) is 9.34 Å². The minimum Gasteiger partial charge on any atom is -0.270 e. The fourth-order valence-electron chi connectivity index (χ4n) is 2.51. The molecule has 0 N–H and O–H groups in total. The molecular weight excluding hydrogens is 263 g/mol. The molecule has 1 rings (SSSR count). The van der Waals surface area contributed by atoms with Crippen molar-refractivity contribution in [3.63, 3.8) is 0 Å². The van der Waals surface area contributed by atoms with E-state index in [-0.39, 0.29) is 8.22 Å². The van der Waals surface area contributed by atoms with Crippen LogP contribution in [0.2, 0.25) is 0 Å². The van der Waals surface area contributed by atoms with Crippen molar-refractivity contribution >= 4 is 14.3 Å². The summed E-state index contributed by atoms with van der Waals surface area (Å²) in [6, 6.07) is 8.65. The molecule has 2 nitrogen and oxygen atoms in total. The van der Waals surface area contributed by atoms with Crippen molar-refractivity contribution in [3.05, 3.63) is 42.0 Å². The van der Waals surface area contributed by atoms with Crippen molar-refractivity contribution in [2.75, 3.05) is 26.2 Å². The average molecular weight is 292 g/mol. The molecule has 0 saturated carbocycles. The molecule has 0 aliphatic heterocycles. The average Bonchev–Trinajstić information content (AvgIpc) is 2.50. The third-order valence-corrected chi connectivity index (χ3v) is 6.76. The highest BCUT2D eigenvalue weighted by atomic mass is 31.1. The molecule has 0 saturated heterocycles. The van der Waals surface area contributed by atoms with E-state index < -0.39 is 0 Å². The van der Waals surface area contributed by atoms with Crippen molar-refractivity contribution in [2.45, 2.75) is 33.9 Å². The molecule has 0 atom stereocenters. The van der Waals surface area contributed by atoms with Gasteiger partial charge < -0.3 is 0 Å². The summed E-state index contributed by atoms with van der Waals surface area (Å²) in [5.41, 5.74) is 2.70. The van der Waals surface area contributed by atoms with E-state index in [0.717, 1.165) is 32.3 Å². The lowest BCUT2D eigenvalue weighted by Gasteiger charge is -2.38. The number of hydrogen-bond donors (Lipinski definition) is 0. The van der Waals surface area contributed by atoms with Crippen LogP contribution in [-0.2, 0) is 6.16 Å². The molecule has 0 unspecified atom stereocenters. The molecular formula is C17H29N2P. The summed E-state index contributed by atoms with van der Waals surface area (Å²) in [6.45, 7) is 17.5. The summed E-state index contributed by atoms with van der Waals surface area (Å²) >= 11 is 0. The first-order valence-electron chi connectivity index (χ1n) is 7.69. The molecule has 20 heavy (non-hydrogen) atoms. The van der Waals surface area contributed by atoms with Gasteiger partial charge in [0, 0.05) is 40.6 Å². The van der Waals surface area contributed by atoms with Crippen LogP contribution in [0, 0.1) is 0 Å². The maximum Gasteiger partial charge on any atom is 0.0440 e. The second kappa shape index (κ2) is 9.28. The fourth-order valence-corrected chi connectivity index (χ4v) is 5.17. The summed E-state index contributed by atoms with van der Waals surface area (Å²) in [5, 5.41) is 0. The Hall–Kier alpha value is -0.690. The lowest BCUT2D eigenvalue weighted by Crippen LogP contribution is -2.29. The Kier molecular flexibility index (Phi) is 8.06. The molecule has 0 bridgehead atoms. The zero-order valence-electron chi connectivity index (χ0n) is 13.5. The number of nitrogens with zero attached hydrogens (tertiary/aromatic N) is 2. The SMILES string of the molecule is C=Cc1ccccc1CP(N(CC)CC)N(CC)CC. The normalized spacial score (nSPS) is 11.6. The minimum atomic E-state index is -0.267. The summed E-state index contributed by atoms with van der Waals surface area (Å²) in [4.78, 5) is 0. The Morgan fingerprint density at radius 3 is 1.90 bits per heavy atom. The van der Waals surface area contributed by atoms with Crippen LogP contribution in [0.4, 0.5) is 0 Å². The molecule has 112 valence electrons. The van der Waals surface area contributed by atoms with Crippen LogP contribution in [0.15, 0.2) is 30.8 Å². The monoisotopic (exact) mass is 292 g/mol. The van der Waals surface area contributed by atoms with E-state index in [0.29, 0.717) is 0 Å². The van der Waals surface area contributed by atoms with Gasteiger partial charge in [0.05, 0.1) is 0 Å². The fraction of sp³-hybridized carbons (Fsp3) is 0.529. The number of hydrogen-bond acceptors (Lipinski definition) is 2. The van der Waals surface area contributed by atoms with Crippen LogP contribution in [0.3, 0.4) is 0 Å². The van der Waals surface area contributed by atoms with E-state index in [9.17, 15) is 0 Å². The zero-order valence-corrected chi connectivity index (χ0v) is 14.4. The summed E-state index contributed by atoms with van der Waals surface area (Å²) in [6.07, 6.45) is 3.11. The van der Waals surface area contributed by atoms with Crippen LogP contribution in [-0.4, -0.2) is 35.5 Å². The predicted molar refractivity (Wildman–Crippen MR) is 93.0 cm³/mol. The minimum absolute atomic E-state index is 0.267. The molecule has 0 aliphatic rings. The summed E-state index contributed by atoms with van der Waals surface area (Å²) in [7, 11) is -0.267. The van der Waals surface area contributed by atoms with E-state index >= 15 is 0 Å². The van der Waals surface area contributed by atoms with Gasteiger partial charge in [0.25, 0.3) is 0 Å². The van der Waals surface area contributed by atoms with Crippen LogP contribution in [0.5, 0.6) is 0 Å². The standard InChI is InChI=1S/C17H29N2P/c1-6-16-13-11-12-14-17(16)15-20(18(7-2)8-3)19(9-4)10-5/h6,11-14H,1,7-10,15H2,2-5H3. The van der Waals surface area contributed by atoms with Gasteiger partial charge in [-0.1, -0.05) is 64.6 Å². The molecule has 3 heteroatoms. The zero-order chi connectivity index (χ0) is 15.0. The molecule has 0 heterocycles. The summed E-state index contributed by atoms with van der Waals surface area (Å²) in [5.74, 6) is 0. The topological polar surface area (TPSA) is 6.48 Å². The van der Waals surface area contributed by atoms with Crippen LogP contribution < -0.4 is 0 Å². The highest BCUT2D eigenvalue weighted by molar-refractivity contribution is 7.51. The van der Waals surface area contributed by atoms with E-state index in [1.165, 1.54) is 11.1 Å². The van der Waals surface area contributed by atoms with Gasteiger partial charge >= 0.3 is 0 Å². The first-order chi connectivity index (χ1) is 9.71. The second-order valence-corrected chi connectivity index (χ2v) is 6.90. The maximum atomic E-state index is 3.95. The Morgan fingerprint density at radius 2 is 1.45 bits per heavy atom. The second-order valence-electron chi connectivity index (χ2n) is 4.71. The highest BCUT2D eigenvalue weighted by Crippen LogP contribution is 2.47. The first kappa shape index (κ1) is 17.4. The molecule has 0 aromatic heterocycles. The van der Waals surface area contributed by atoms with E-state index in [2.05, 4.69) is 67.9 Å². The lowest BCUT2D eigenvalue weighted by atomic mass is 10.1. The molecule has 0 radical (unpaired) electrons. The van der Waals surface area contributed by atoms with Gasteiger partial charge in [-0.15, -0.1) is 0 Å². The molecule has 0 amide bonds. The third kappa shape index (κ3) is 4.41. The lowest BCUT2D eigenvalue weighted by molar-refractivity contribution is 0.422. The summed E-state index contributed by atoms with van der Waals surface area (Å²) < 4.78 is 5.23. The molecule has 0 aliphatic carbocycles. The van der Waals surface area contributed by atoms with Crippen LogP contribution >= 0.6 is 8.22 Å². The number of benzene rings is 1. The van der Waals surface area contributed by atoms with Crippen LogP contribution in [0.1, 0.15) is 38.8 Å². The molecule has 0 spiro atoms. The third-order valence-electron chi connectivity index (χ3n) is 3.70. The van der Waals surface area contributed by atoms with Crippen molar-refractivity contribution in [1.29, 1.82) is 0 Å². The largest absolute Gasteiger partial charge is 0.270 e. The van der Waals surface area contributed by atoms with Crippen molar-refractivity contribution in [3.8, 4) is 0 Å². The quantitative estimate of drug-likeness (QED) is 0.602. The highest BCUT2D eigenvalue weighted by Gasteiger charge is 2.22. The van der Waals surface area contributed by atoms with Gasteiger partial charge in [0.15, 0.2) is 0 Å². The van der Waals surface area contributed by atoms with Gasteiger partial charge in [0.2, 0.25) is 0 Å². The van der Waals surface area contributed by atoms with E-state index in [4.69, 9.17) is 0 Å². The Balaban J connectivity index is 3.01. The molecule has 0 fully saturated rings. The first-order valence-corrected chi connectivity index (χ1v) is 9.12. The van der Waals surface area contributed by atoms with E-state index in [1.807, 2.05) is 6.08 Å². The van der Waals surface area contributed by atoms with Crippen LogP contribution in [0.25, 0.3) is 6.08 Å². The number of rotatable bonds is 9. The Bertz CT molecular complexity index is 386. The van der Waals surface area contributed by atoms with Gasteiger partial charge in [-0.25, -0.2) is 0 Å². The van der Waals surface area contributed by atoms with Gasteiger partial charge in [0.1, 0.15) is 0 Å². The molecule has 1 aromatic rings. The Labute approximate surface area is 126 Å². The van der Waals surface area contributed by atoms with Gasteiger partial charge in [-0.05, 0) is 11.1 Å². The van der Waals surface area contributed by atoms with E-state index in [1.54, 1.807) is 0 Å². The predicted octanol–water partition coefficient (Wildman–Crippen LogP) is 4.83. The van der Waals surface area contributed by atoms with Gasteiger partial charge in [-0.2, -0.15) is 0 Å². The van der Waals surface area contributed by atoms with Crippen molar-refractivity contribution in [2.24, 2.45) is 0 Å². The maximum absolute atomic E-state index is 3.95. The Morgan fingerprint density at radius 1 is 0.950 bits per heavy atom. The smallest absolute Gasteiger partial charge is 0.0440 e. The molecule has 1 aromatic carbocycles. The van der Waals surface area contributed by atoms with Crippen molar-refractivity contribution < 1.29 is 0 Å². The van der Waals surface area contributed by atoms with Gasteiger partial charge in [-0.3, -0.25) is 9.34 Å².